The van der Waals surface area contributed by atoms with Gasteiger partial charge in [0, 0.05) is 61.5 Å². The van der Waals surface area contributed by atoms with Gasteiger partial charge < -0.3 is 20.7 Å². The van der Waals surface area contributed by atoms with Gasteiger partial charge in [0.2, 0.25) is 5.91 Å². The van der Waals surface area contributed by atoms with E-state index in [1.807, 2.05) is 18.7 Å². The number of benzene rings is 1. The highest BCUT2D eigenvalue weighted by molar-refractivity contribution is 7.99. The van der Waals surface area contributed by atoms with Crippen LogP contribution in [0.5, 0.6) is 0 Å². The zero-order valence-corrected chi connectivity index (χ0v) is 15.5. The van der Waals surface area contributed by atoms with Crippen molar-refractivity contribution in [3.05, 3.63) is 29.8 Å². The van der Waals surface area contributed by atoms with Gasteiger partial charge in [0.25, 0.3) is 5.91 Å². The van der Waals surface area contributed by atoms with Crippen molar-refractivity contribution < 1.29 is 14.3 Å². The summed E-state index contributed by atoms with van der Waals surface area (Å²) in [5, 5.41) is 9.09. The van der Waals surface area contributed by atoms with E-state index in [-0.39, 0.29) is 17.9 Å². The number of thioether (sulfide) groups is 1. The summed E-state index contributed by atoms with van der Waals surface area (Å²) in [5.74, 6) is 1.88. The monoisotopic (exact) mass is 365 g/mol. The Bertz CT molecular complexity index is 562. The molecule has 6 nitrogen and oxygen atoms in total. The molecule has 0 saturated carbocycles. The van der Waals surface area contributed by atoms with Crippen molar-refractivity contribution in [1.82, 2.24) is 10.6 Å². The minimum Gasteiger partial charge on any atom is -0.382 e. The van der Waals surface area contributed by atoms with Gasteiger partial charge in [-0.25, -0.2) is 0 Å². The molecule has 3 N–H and O–H groups in total. The third kappa shape index (κ3) is 7.46. The molecule has 1 saturated heterocycles. The standard InChI is InChI=1S/C18H27N3O3S/c1-2-24-9-4-7-20-18(23)14-5-3-6-15(11-14)21-17(22)12-16-13-25-10-8-19-16/h3,5-6,11,16,19H,2,4,7-10,12-13H2,1H3,(H,20,23)(H,21,22). The third-order valence-electron chi connectivity index (χ3n) is 3.79. The second kappa shape index (κ2) is 11.1. The molecule has 1 heterocycles. The van der Waals surface area contributed by atoms with Crippen molar-refractivity contribution in [3.63, 3.8) is 0 Å². The average molecular weight is 365 g/mol. The molecule has 0 aromatic heterocycles. The average Bonchev–Trinajstić information content (AvgIpc) is 2.62. The lowest BCUT2D eigenvalue weighted by molar-refractivity contribution is -0.116. The highest BCUT2D eigenvalue weighted by Gasteiger charge is 2.17. The van der Waals surface area contributed by atoms with Gasteiger partial charge in [0.05, 0.1) is 0 Å². The fourth-order valence-electron chi connectivity index (χ4n) is 2.55. The summed E-state index contributed by atoms with van der Waals surface area (Å²) >= 11 is 1.87. The van der Waals surface area contributed by atoms with Crippen LogP contribution in [0.3, 0.4) is 0 Å². The summed E-state index contributed by atoms with van der Waals surface area (Å²) in [6.45, 7) is 4.79. The smallest absolute Gasteiger partial charge is 0.251 e. The molecule has 7 heteroatoms. The molecule has 0 radical (unpaired) electrons. The Hall–Kier alpha value is -1.57. The normalized spacial score (nSPS) is 17.1. The van der Waals surface area contributed by atoms with Crippen LogP contribution in [-0.4, -0.2) is 55.7 Å². The van der Waals surface area contributed by atoms with Crippen molar-refractivity contribution in [2.45, 2.75) is 25.8 Å². The van der Waals surface area contributed by atoms with E-state index in [1.165, 1.54) is 0 Å². The minimum atomic E-state index is -0.141. The van der Waals surface area contributed by atoms with Gasteiger partial charge in [0.15, 0.2) is 0 Å². The van der Waals surface area contributed by atoms with E-state index < -0.39 is 0 Å². The topological polar surface area (TPSA) is 79.5 Å². The number of anilines is 1. The van der Waals surface area contributed by atoms with Crippen LogP contribution in [0, 0.1) is 0 Å². The van der Waals surface area contributed by atoms with Gasteiger partial charge in [-0.2, -0.15) is 11.8 Å². The SMILES string of the molecule is CCOCCCNC(=O)c1cccc(NC(=O)CC2CSCCN2)c1. The second-order valence-corrected chi connectivity index (χ2v) is 7.02. The Kier molecular flexibility index (Phi) is 8.79. The zero-order chi connectivity index (χ0) is 17.9. The molecular formula is C18H27N3O3S. The Morgan fingerprint density at radius 3 is 3.04 bits per heavy atom. The number of amides is 2. The molecule has 2 amide bonds. The van der Waals surface area contributed by atoms with Crippen LogP contribution in [0.15, 0.2) is 24.3 Å². The van der Waals surface area contributed by atoms with Crippen LogP contribution in [-0.2, 0) is 9.53 Å². The lowest BCUT2D eigenvalue weighted by Crippen LogP contribution is -2.39. The molecule has 1 aromatic rings. The van der Waals surface area contributed by atoms with E-state index in [1.54, 1.807) is 24.3 Å². The fourth-order valence-corrected chi connectivity index (χ4v) is 3.50. The van der Waals surface area contributed by atoms with E-state index in [0.717, 1.165) is 24.5 Å². The highest BCUT2D eigenvalue weighted by atomic mass is 32.2. The molecule has 1 aliphatic rings. The number of hydrogen-bond donors (Lipinski definition) is 3. The first-order valence-corrected chi connectivity index (χ1v) is 9.91. The maximum Gasteiger partial charge on any atom is 0.251 e. The van der Waals surface area contributed by atoms with Crippen LogP contribution in [0.25, 0.3) is 0 Å². The lowest BCUT2D eigenvalue weighted by Gasteiger charge is -2.22. The van der Waals surface area contributed by atoms with Gasteiger partial charge in [-0.1, -0.05) is 6.07 Å². The van der Waals surface area contributed by atoms with Crippen LogP contribution in [0.4, 0.5) is 5.69 Å². The predicted octanol–water partition coefficient (Wildman–Crippen LogP) is 1.88. The van der Waals surface area contributed by atoms with E-state index in [2.05, 4.69) is 16.0 Å². The number of ether oxygens (including phenoxy) is 1. The van der Waals surface area contributed by atoms with Gasteiger partial charge >= 0.3 is 0 Å². The number of carbonyl (C=O) groups is 2. The molecular weight excluding hydrogens is 338 g/mol. The predicted molar refractivity (Wildman–Crippen MR) is 102 cm³/mol. The highest BCUT2D eigenvalue weighted by Crippen LogP contribution is 2.14. The van der Waals surface area contributed by atoms with E-state index >= 15 is 0 Å². The van der Waals surface area contributed by atoms with Crippen LogP contribution in [0.2, 0.25) is 0 Å². The van der Waals surface area contributed by atoms with Crippen molar-refractivity contribution >= 4 is 29.3 Å². The number of rotatable bonds is 9. The molecule has 0 spiro atoms. The van der Waals surface area contributed by atoms with Gasteiger partial charge in [0.1, 0.15) is 0 Å². The molecule has 138 valence electrons. The molecule has 1 aromatic carbocycles. The number of hydrogen-bond acceptors (Lipinski definition) is 5. The van der Waals surface area contributed by atoms with Crippen molar-refractivity contribution in [2.24, 2.45) is 0 Å². The van der Waals surface area contributed by atoms with Crippen LogP contribution in [0.1, 0.15) is 30.1 Å². The Morgan fingerprint density at radius 1 is 1.40 bits per heavy atom. The van der Waals surface area contributed by atoms with Gasteiger partial charge in [-0.15, -0.1) is 0 Å². The van der Waals surface area contributed by atoms with Gasteiger partial charge in [-0.05, 0) is 31.5 Å². The summed E-state index contributed by atoms with van der Waals surface area (Å²) in [6.07, 6.45) is 1.23. The van der Waals surface area contributed by atoms with Gasteiger partial charge in [-0.3, -0.25) is 9.59 Å². The number of carbonyl (C=O) groups excluding carboxylic acids is 2. The summed E-state index contributed by atoms with van der Waals surface area (Å²) in [7, 11) is 0. The maximum atomic E-state index is 12.2. The molecule has 1 aliphatic heterocycles. The molecule has 0 bridgehead atoms. The first kappa shape index (κ1) is 19.8. The molecule has 25 heavy (non-hydrogen) atoms. The molecule has 0 aliphatic carbocycles. The van der Waals surface area contributed by atoms with Crippen molar-refractivity contribution in [2.75, 3.05) is 43.1 Å². The van der Waals surface area contributed by atoms with Crippen molar-refractivity contribution in [1.29, 1.82) is 0 Å². The Labute approximate surface area is 153 Å². The first-order chi connectivity index (χ1) is 12.2. The van der Waals surface area contributed by atoms with E-state index in [0.29, 0.717) is 37.4 Å². The number of nitrogens with one attached hydrogen (secondary N) is 3. The molecule has 2 rings (SSSR count). The molecule has 1 fully saturated rings. The maximum absolute atomic E-state index is 12.2. The molecule has 1 atom stereocenters. The van der Waals surface area contributed by atoms with E-state index in [4.69, 9.17) is 4.74 Å². The summed E-state index contributed by atoms with van der Waals surface area (Å²) < 4.78 is 5.24. The molecule has 1 unspecified atom stereocenters. The first-order valence-electron chi connectivity index (χ1n) is 8.76. The van der Waals surface area contributed by atoms with Crippen LogP contribution >= 0.6 is 11.8 Å². The zero-order valence-electron chi connectivity index (χ0n) is 14.7. The lowest BCUT2D eigenvalue weighted by atomic mass is 10.1. The third-order valence-corrected chi connectivity index (χ3v) is 4.92. The fraction of sp³-hybridized carbons (Fsp3) is 0.556. The summed E-state index contributed by atoms with van der Waals surface area (Å²) in [5.41, 5.74) is 1.19. The van der Waals surface area contributed by atoms with Crippen LogP contribution < -0.4 is 16.0 Å². The summed E-state index contributed by atoms with van der Waals surface area (Å²) in [6, 6.07) is 7.24. The summed E-state index contributed by atoms with van der Waals surface area (Å²) in [4.78, 5) is 24.3. The minimum absolute atomic E-state index is 0.0331. The quantitative estimate of drug-likeness (QED) is 0.582. The van der Waals surface area contributed by atoms with E-state index in [9.17, 15) is 9.59 Å². The largest absolute Gasteiger partial charge is 0.382 e. The van der Waals surface area contributed by atoms with Crippen molar-refractivity contribution in [3.8, 4) is 0 Å². The Balaban J connectivity index is 1.79. The second-order valence-electron chi connectivity index (χ2n) is 5.87. The Morgan fingerprint density at radius 2 is 2.28 bits per heavy atom.